The molecule has 1 aliphatic rings. The molecular weight excluding hydrogens is 240 g/mol. The number of benzene rings is 2. The van der Waals surface area contributed by atoms with Gasteiger partial charge in [0.2, 0.25) is 0 Å². The molecule has 1 aliphatic heterocycles. The molecule has 0 spiro atoms. The van der Waals surface area contributed by atoms with Crippen LogP contribution in [0.5, 0.6) is 5.75 Å². The van der Waals surface area contributed by atoms with E-state index in [0.717, 1.165) is 18.8 Å². The van der Waals surface area contributed by atoms with E-state index in [-0.39, 0.29) is 4.75 Å². The molecule has 1 unspecified atom stereocenters. The first kappa shape index (κ1) is 11.7. The molecule has 0 saturated carbocycles. The zero-order valence-electron chi connectivity index (χ0n) is 10.4. The molecule has 1 heterocycles. The molecule has 0 amide bonds. The molecule has 0 saturated heterocycles. The molecule has 1 atom stereocenters. The average Bonchev–Trinajstić information content (AvgIpc) is 2.40. The highest BCUT2D eigenvalue weighted by molar-refractivity contribution is 8.00. The lowest BCUT2D eigenvalue weighted by Gasteiger charge is -2.35. The summed E-state index contributed by atoms with van der Waals surface area (Å²) < 4.78 is 5.85. The van der Waals surface area contributed by atoms with Gasteiger partial charge in [0.25, 0.3) is 0 Å². The van der Waals surface area contributed by atoms with Crippen LogP contribution in [0, 0.1) is 0 Å². The Balaban J connectivity index is 1.96. The highest BCUT2D eigenvalue weighted by Crippen LogP contribution is 2.49. The van der Waals surface area contributed by atoms with Crippen LogP contribution >= 0.6 is 11.8 Å². The molecule has 1 nitrogen and oxygen atoms in total. The molecule has 18 heavy (non-hydrogen) atoms. The average molecular weight is 256 g/mol. The van der Waals surface area contributed by atoms with Crippen LogP contribution in [0.25, 0.3) is 0 Å². The molecule has 2 heteroatoms. The van der Waals surface area contributed by atoms with Crippen molar-refractivity contribution in [3.63, 3.8) is 0 Å². The van der Waals surface area contributed by atoms with Gasteiger partial charge in [-0.05, 0) is 25.1 Å². The maximum atomic E-state index is 5.74. The Morgan fingerprint density at radius 1 is 1.00 bits per heavy atom. The van der Waals surface area contributed by atoms with Gasteiger partial charge >= 0.3 is 0 Å². The number of para-hydroxylation sites is 1. The quantitative estimate of drug-likeness (QED) is 0.783. The SMILES string of the molecule is CC1(Sc2ccccc2)CCOc2ccccc21. The van der Waals surface area contributed by atoms with Crippen molar-refractivity contribution < 1.29 is 4.74 Å². The van der Waals surface area contributed by atoms with Crippen LogP contribution in [0.15, 0.2) is 59.5 Å². The van der Waals surface area contributed by atoms with Crippen LogP contribution in [0.1, 0.15) is 18.9 Å². The molecule has 2 aromatic carbocycles. The number of thioether (sulfide) groups is 1. The maximum Gasteiger partial charge on any atom is 0.123 e. The van der Waals surface area contributed by atoms with Gasteiger partial charge in [-0.1, -0.05) is 36.4 Å². The molecule has 0 bridgehead atoms. The van der Waals surface area contributed by atoms with Crippen molar-refractivity contribution in [1.29, 1.82) is 0 Å². The Morgan fingerprint density at radius 3 is 2.56 bits per heavy atom. The van der Waals surface area contributed by atoms with Gasteiger partial charge < -0.3 is 4.74 Å². The summed E-state index contributed by atoms with van der Waals surface area (Å²) >= 11 is 1.93. The first-order valence-electron chi connectivity index (χ1n) is 6.24. The van der Waals surface area contributed by atoms with E-state index in [9.17, 15) is 0 Å². The van der Waals surface area contributed by atoms with E-state index in [0.29, 0.717) is 0 Å². The summed E-state index contributed by atoms with van der Waals surface area (Å²) in [5, 5.41) is 0. The first-order chi connectivity index (χ1) is 8.78. The molecule has 0 aliphatic carbocycles. The second-order valence-corrected chi connectivity index (χ2v) is 6.32. The van der Waals surface area contributed by atoms with Gasteiger partial charge in [0.05, 0.1) is 6.61 Å². The molecule has 0 N–H and O–H groups in total. The van der Waals surface area contributed by atoms with Crippen LogP contribution in [0.3, 0.4) is 0 Å². The molecule has 2 aromatic rings. The normalized spacial score (nSPS) is 22.1. The lowest BCUT2D eigenvalue weighted by atomic mass is 9.94. The van der Waals surface area contributed by atoms with Crippen molar-refractivity contribution in [2.75, 3.05) is 6.61 Å². The largest absolute Gasteiger partial charge is 0.493 e. The van der Waals surface area contributed by atoms with Crippen molar-refractivity contribution in [2.45, 2.75) is 23.0 Å². The molecular formula is C16H16OS. The number of ether oxygens (including phenoxy) is 1. The van der Waals surface area contributed by atoms with Gasteiger partial charge in [-0.15, -0.1) is 11.8 Å². The topological polar surface area (TPSA) is 9.23 Å². The molecule has 0 radical (unpaired) electrons. The fourth-order valence-electron chi connectivity index (χ4n) is 2.37. The monoisotopic (exact) mass is 256 g/mol. The van der Waals surface area contributed by atoms with E-state index < -0.39 is 0 Å². The molecule has 3 rings (SSSR count). The van der Waals surface area contributed by atoms with Gasteiger partial charge in [-0.25, -0.2) is 0 Å². The van der Waals surface area contributed by atoms with Crippen molar-refractivity contribution in [2.24, 2.45) is 0 Å². The van der Waals surface area contributed by atoms with E-state index in [4.69, 9.17) is 4.74 Å². The van der Waals surface area contributed by atoms with E-state index in [2.05, 4.69) is 55.5 Å². The fraction of sp³-hybridized carbons (Fsp3) is 0.250. The Labute approximate surface area is 112 Å². The highest BCUT2D eigenvalue weighted by atomic mass is 32.2. The van der Waals surface area contributed by atoms with Crippen LogP contribution < -0.4 is 4.74 Å². The Bertz CT molecular complexity index is 538. The minimum atomic E-state index is 0.107. The lowest BCUT2D eigenvalue weighted by molar-refractivity contribution is 0.262. The third-order valence-electron chi connectivity index (χ3n) is 3.38. The van der Waals surface area contributed by atoms with Crippen LogP contribution in [0.4, 0.5) is 0 Å². The summed E-state index contributed by atoms with van der Waals surface area (Å²) in [6.45, 7) is 3.11. The summed E-state index contributed by atoms with van der Waals surface area (Å²) in [5.41, 5.74) is 1.31. The van der Waals surface area contributed by atoms with Gasteiger partial charge in [-0.3, -0.25) is 0 Å². The summed E-state index contributed by atoms with van der Waals surface area (Å²) in [6, 6.07) is 19.0. The standard InChI is InChI=1S/C16H16OS/c1-16(18-13-7-3-2-4-8-13)11-12-17-15-10-6-5-9-14(15)16/h2-10H,11-12H2,1H3. The summed E-state index contributed by atoms with van der Waals surface area (Å²) in [5.74, 6) is 1.04. The van der Waals surface area contributed by atoms with Crippen molar-refractivity contribution >= 4 is 11.8 Å². The smallest absolute Gasteiger partial charge is 0.123 e. The van der Waals surface area contributed by atoms with Crippen LogP contribution in [-0.4, -0.2) is 6.61 Å². The van der Waals surface area contributed by atoms with Gasteiger partial charge in [0.1, 0.15) is 5.75 Å². The fourth-order valence-corrected chi connectivity index (χ4v) is 3.65. The zero-order chi connectivity index (χ0) is 12.4. The first-order valence-corrected chi connectivity index (χ1v) is 7.06. The number of hydrogen-bond acceptors (Lipinski definition) is 2. The minimum absolute atomic E-state index is 0.107. The van der Waals surface area contributed by atoms with Gasteiger partial charge in [0.15, 0.2) is 0 Å². The lowest BCUT2D eigenvalue weighted by Crippen LogP contribution is -2.26. The maximum absolute atomic E-state index is 5.74. The Hall–Kier alpha value is -1.41. The van der Waals surface area contributed by atoms with Crippen molar-refractivity contribution in [1.82, 2.24) is 0 Å². The predicted molar refractivity (Wildman–Crippen MR) is 76.2 cm³/mol. The van der Waals surface area contributed by atoms with Crippen molar-refractivity contribution in [3.05, 3.63) is 60.2 Å². The van der Waals surface area contributed by atoms with Crippen LogP contribution in [0.2, 0.25) is 0 Å². The van der Waals surface area contributed by atoms with Gasteiger partial charge in [0, 0.05) is 21.6 Å². The second kappa shape index (κ2) is 4.69. The Morgan fingerprint density at radius 2 is 1.72 bits per heavy atom. The minimum Gasteiger partial charge on any atom is -0.493 e. The summed E-state index contributed by atoms with van der Waals surface area (Å²) in [7, 11) is 0. The Kier molecular flexibility index (Phi) is 3.04. The summed E-state index contributed by atoms with van der Waals surface area (Å²) in [4.78, 5) is 1.32. The predicted octanol–water partition coefficient (Wildman–Crippen LogP) is 4.48. The van der Waals surface area contributed by atoms with E-state index in [1.807, 2.05) is 17.8 Å². The molecule has 92 valence electrons. The van der Waals surface area contributed by atoms with Crippen molar-refractivity contribution in [3.8, 4) is 5.75 Å². The summed E-state index contributed by atoms with van der Waals surface area (Å²) in [6.07, 6.45) is 1.05. The zero-order valence-corrected chi connectivity index (χ0v) is 11.2. The number of fused-ring (bicyclic) bond motifs is 1. The molecule has 0 aromatic heterocycles. The van der Waals surface area contributed by atoms with Crippen LogP contribution in [-0.2, 0) is 4.75 Å². The third kappa shape index (κ3) is 2.13. The van der Waals surface area contributed by atoms with E-state index >= 15 is 0 Å². The van der Waals surface area contributed by atoms with E-state index in [1.165, 1.54) is 10.5 Å². The third-order valence-corrected chi connectivity index (χ3v) is 4.76. The molecule has 0 fully saturated rings. The number of rotatable bonds is 2. The van der Waals surface area contributed by atoms with Gasteiger partial charge in [-0.2, -0.15) is 0 Å². The highest BCUT2D eigenvalue weighted by Gasteiger charge is 2.33. The van der Waals surface area contributed by atoms with E-state index in [1.54, 1.807) is 0 Å². The second-order valence-electron chi connectivity index (χ2n) is 4.74. The number of hydrogen-bond donors (Lipinski definition) is 0.